The Morgan fingerprint density at radius 3 is 2.86 bits per heavy atom. The predicted molar refractivity (Wildman–Crippen MR) is 81.9 cm³/mol. The maximum atomic E-state index is 13.0. The molecule has 1 aliphatic heterocycles. The molecule has 5 nitrogen and oxygen atoms in total. The zero-order chi connectivity index (χ0) is 15.5. The number of halogens is 1. The highest BCUT2D eigenvalue weighted by molar-refractivity contribution is 5.99. The van der Waals surface area contributed by atoms with E-state index in [9.17, 15) is 9.18 Å². The van der Waals surface area contributed by atoms with E-state index in [2.05, 4.69) is 27.8 Å². The summed E-state index contributed by atoms with van der Waals surface area (Å²) < 4.78 is 13.0. The van der Waals surface area contributed by atoms with E-state index < -0.39 is 0 Å². The van der Waals surface area contributed by atoms with Crippen molar-refractivity contribution in [1.82, 2.24) is 20.8 Å². The van der Waals surface area contributed by atoms with Crippen molar-refractivity contribution in [2.45, 2.75) is 31.8 Å². The Labute approximate surface area is 128 Å². The fraction of sp³-hybridized carbons (Fsp3) is 0.375. The second kappa shape index (κ2) is 6.27. The van der Waals surface area contributed by atoms with E-state index in [1.54, 1.807) is 12.1 Å². The zero-order valence-corrected chi connectivity index (χ0v) is 12.4. The van der Waals surface area contributed by atoms with E-state index >= 15 is 0 Å². The van der Waals surface area contributed by atoms with Gasteiger partial charge in [0.2, 0.25) is 0 Å². The van der Waals surface area contributed by atoms with Crippen LogP contribution in [0.4, 0.5) is 4.39 Å². The molecule has 3 N–H and O–H groups in total. The Bertz CT molecular complexity index is 652. The first-order valence-electron chi connectivity index (χ1n) is 7.48. The quantitative estimate of drug-likeness (QED) is 0.813. The van der Waals surface area contributed by atoms with Gasteiger partial charge in [0.1, 0.15) is 5.82 Å². The van der Waals surface area contributed by atoms with E-state index in [0.29, 0.717) is 11.3 Å². The lowest BCUT2D eigenvalue weighted by atomic mass is 9.99. The number of amides is 1. The van der Waals surface area contributed by atoms with Gasteiger partial charge >= 0.3 is 0 Å². The van der Waals surface area contributed by atoms with Crippen LogP contribution in [0.3, 0.4) is 0 Å². The fourth-order valence-corrected chi connectivity index (χ4v) is 2.78. The summed E-state index contributed by atoms with van der Waals surface area (Å²) in [5.41, 5.74) is 1.82. The van der Waals surface area contributed by atoms with Crippen molar-refractivity contribution in [2.24, 2.45) is 0 Å². The summed E-state index contributed by atoms with van der Waals surface area (Å²) in [5, 5.41) is 13.2. The number of hydrogen-bond acceptors (Lipinski definition) is 3. The topological polar surface area (TPSA) is 69.8 Å². The first kappa shape index (κ1) is 14.7. The number of aromatic nitrogens is 2. The lowest BCUT2D eigenvalue weighted by molar-refractivity contribution is 0.0920. The SMILES string of the molecule is CC1NCCCC1NC(=O)c1cn[nH]c1-c1ccc(F)cc1. The molecule has 116 valence electrons. The standard InChI is InChI=1S/C16H19FN4O/c1-10-14(3-2-8-18-10)20-16(22)13-9-19-21-15(13)11-4-6-12(17)7-5-11/h4-7,9-10,14,18H,2-3,8H2,1H3,(H,19,21)(H,20,22). The molecule has 1 aromatic carbocycles. The Balaban J connectivity index is 1.79. The number of benzene rings is 1. The van der Waals surface area contributed by atoms with Gasteiger partial charge < -0.3 is 10.6 Å². The molecule has 1 amide bonds. The molecule has 0 saturated carbocycles. The van der Waals surface area contributed by atoms with Crippen molar-refractivity contribution in [3.63, 3.8) is 0 Å². The smallest absolute Gasteiger partial charge is 0.255 e. The van der Waals surface area contributed by atoms with Gasteiger partial charge in [-0.05, 0) is 50.6 Å². The van der Waals surface area contributed by atoms with E-state index in [4.69, 9.17) is 0 Å². The maximum absolute atomic E-state index is 13.0. The highest BCUT2D eigenvalue weighted by Crippen LogP contribution is 2.21. The van der Waals surface area contributed by atoms with Gasteiger partial charge in [0.25, 0.3) is 5.91 Å². The van der Waals surface area contributed by atoms with Crippen molar-refractivity contribution >= 4 is 5.91 Å². The molecule has 0 spiro atoms. The van der Waals surface area contributed by atoms with Gasteiger partial charge in [-0.2, -0.15) is 5.10 Å². The molecule has 2 aromatic rings. The molecule has 1 aromatic heterocycles. The minimum atomic E-state index is -0.309. The Morgan fingerprint density at radius 2 is 2.14 bits per heavy atom. The molecule has 2 atom stereocenters. The lowest BCUT2D eigenvalue weighted by Gasteiger charge is -2.30. The molecule has 3 rings (SSSR count). The first-order valence-corrected chi connectivity index (χ1v) is 7.48. The number of nitrogens with one attached hydrogen (secondary N) is 3. The van der Waals surface area contributed by atoms with Crippen LogP contribution in [-0.4, -0.2) is 34.7 Å². The van der Waals surface area contributed by atoms with Crippen LogP contribution in [0.1, 0.15) is 30.1 Å². The van der Waals surface area contributed by atoms with Gasteiger partial charge in [-0.3, -0.25) is 9.89 Å². The van der Waals surface area contributed by atoms with Gasteiger partial charge in [0.15, 0.2) is 0 Å². The largest absolute Gasteiger partial charge is 0.348 e. The third-order valence-corrected chi connectivity index (χ3v) is 4.10. The van der Waals surface area contributed by atoms with E-state index in [1.165, 1.54) is 18.3 Å². The Kier molecular flexibility index (Phi) is 4.20. The second-order valence-corrected chi connectivity index (χ2v) is 5.63. The molecule has 0 bridgehead atoms. The number of hydrogen-bond donors (Lipinski definition) is 3. The average Bonchev–Trinajstić information content (AvgIpc) is 3.00. The third-order valence-electron chi connectivity index (χ3n) is 4.10. The van der Waals surface area contributed by atoms with Gasteiger partial charge in [-0.1, -0.05) is 0 Å². The number of rotatable bonds is 3. The molecule has 22 heavy (non-hydrogen) atoms. The predicted octanol–water partition coefficient (Wildman–Crippen LogP) is 2.09. The van der Waals surface area contributed by atoms with Crippen LogP contribution in [0.25, 0.3) is 11.3 Å². The molecule has 1 aliphatic rings. The molecule has 2 heterocycles. The van der Waals surface area contributed by atoms with Crippen LogP contribution in [0.15, 0.2) is 30.5 Å². The normalized spacial score (nSPS) is 21.5. The molecular weight excluding hydrogens is 283 g/mol. The fourth-order valence-electron chi connectivity index (χ4n) is 2.78. The van der Waals surface area contributed by atoms with Gasteiger partial charge in [0, 0.05) is 17.6 Å². The summed E-state index contributed by atoms with van der Waals surface area (Å²) >= 11 is 0. The highest BCUT2D eigenvalue weighted by atomic mass is 19.1. The number of nitrogens with zero attached hydrogens (tertiary/aromatic N) is 1. The highest BCUT2D eigenvalue weighted by Gasteiger charge is 2.24. The number of aromatic amines is 1. The maximum Gasteiger partial charge on any atom is 0.255 e. The average molecular weight is 302 g/mol. The second-order valence-electron chi connectivity index (χ2n) is 5.63. The minimum Gasteiger partial charge on any atom is -0.348 e. The van der Waals surface area contributed by atoms with Crippen LogP contribution in [0.2, 0.25) is 0 Å². The molecule has 1 saturated heterocycles. The minimum absolute atomic E-state index is 0.109. The summed E-state index contributed by atoms with van der Waals surface area (Å²) in [6.07, 6.45) is 3.52. The van der Waals surface area contributed by atoms with Crippen molar-refractivity contribution in [3.05, 3.63) is 41.8 Å². The number of piperidine rings is 1. The third kappa shape index (κ3) is 3.01. The van der Waals surface area contributed by atoms with Crippen LogP contribution < -0.4 is 10.6 Å². The van der Waals surface area contributed by atoms with Crippen molar-refractivity contribution in [1.29, 1.82) is 0 Å². The molecule has 2 unspecified atom stereocenters. The van der Waals surface area contributed by atoms with Crippen molar-refractivity contribution < 1.29 is 9.18 Å². The molecule has 1 fully saturated rings. The summed E-state index contributed by atoms with van der Waals surface area (Å²) in [4.78, 5) is 12.5. The van der Waals surface area contributed by atoms with Crippen LogP contribution in [0, 0.1) is 5.82 Å². The molecule has 0 radical (unpaired) electrons. The van der Waals surface area contributed by atoms with Crippen LogP contribution >= 0.6 is 0 Å². The van der Waals surface area contributed by atoms with E-state index in [-0.39, 0.29) is 23.8 Å². The zero-order valence-electron chi connectivity index (χ0n) is 12.4. The van der Waals surface area contributed by atoms with Gasteiger partial charge in [-0.15, -0.1) is 0 Å². The first-order chi connectivity index (χ1) is 10.6. The Hall–Kier alpha value is -2.21. The van der Waals surface area contributed by atoms with Crippen molar-refractivity contribution in [2.75, 3.05) is 6.54 Å². The van der Waals surface area contributed by atoms with Gasteiger partial charge in [-0.25, -0.2) is 4.39 Å². The molecule has 0 aliphatic carbocycles. The number of carbonyl (C=O) groups excluding carboxylic acids is 1. The molecular formula is C16H19FN4O. The lowest BCUT2D eigenvalue weighted by Crippen LogP contribution is -2.51. The van der Waals surface area contributed by atoms with Gasteiger partial charge in [0.05, 0.1) is 17.5 Å². The van der Waals surface area contributed by atoms with Crippen LogP contribution in [0.5, 0.6) is 0 Å². The van der Waals surface area contributed by atoms with Crippen molar-refractivity contribution in [3.8, 4) is 11.3 Å². The summed E-state index contributed by atoms with van der Waals surface area (Å²) in [5.74, 6) is -0.468. The van der Waals surface area contributed by atoms with E-state index in [1.807, 2.05) is 0 Å². The molecule has 6 heteroatoms. The summed E-state index contributed by atoms with van der Waals surface area (Å²) in [6, 6.07) is 6.35. The number of H-pyrrole nitrogens is 1. The summed E-state index contributed by atoms with van der Waals surface area (Å²) in [7, 11) is 0. The Morgan fingerprint density at radius 1 is 1.36 bits per heavy atom. The monoisotopic (exact) mass is 302 g/mol. The van der Waals surface area contributed by atoms with Crippen LogP contribution in [-0.2, 0) is 0 Å². The van der Waals surface area contributed by atoms with E-state index in [0.717, 1.165) is 24.9 Å². The number of carbonyl (C=O) groups is 1. The summed E-state index contributed by atoms with van der Waals surface area (Å²) in [6.45, 7) is 3.06.